The molecule has 1 atom stereocenters. The van der Waals surface area contributed by atoms with Crippen molar-refractivity contribution < 1.29 is 19.1 Å². The van der Waals surface area contributed by atoms with Crippen LogP contribution in [0.2, 0.25) is 0 Å². The number of morpholine rings is 1. The van der Waals surface area contributed by atoms with Gasteiger partial charge in [0.1, 0.15) is 12.1 Å². The lowest BCUT2D eigenvalue weighted by Crippen LogP contribution is -2.48. The van der Waals surface area contributed by atoms with E-state index in [2.05, 4.69) is 5.32 Å². The molecule has 2 heterocycles. The van der Waals surface area contributed by atoms with Gasteiger partial charge in [0.2, 0.25) is 5.91 Å². The quantitative estimate of drug-likeness (QED) is 0.705. The molecule has 0 aliphatic carbocycles. The molecule has 2 saturated heterocycles. The van der Waals surface area contributed by atoms with Gasteiger partial charge in [-0.2, -0.15) is 0 Å². The Labute approximate surface area is 111 Å². The minimum absolute atomic E-state index is 0.194. The molecule has 0 aromatic heterocycles. The van der Waals surface area contributed by atoms with Gasteiger partial charge in [-0.25, -0.2) is 4.79 Å². The van der Waals surface area contributed by atoms with Crippen LogP contribution >= 0.6 is 0 Å². The monoisotopic (exact) mass is 269 g/mol. The van der Waals surface area contributed by atoms with Crippen LogP contribution in [0, 0.1) is 0 Å². The van der Waals surface area contributed by atoms with Gasteiger partial charge in [-0.3, -0.25) is 14.5 Å². The van der Waals surface area contributed by atoms with E-state index >= 15 is 0 Å². The highest BCUT2D eigenvalue weighted by Gasteiger charge is 2.47. The first-order valence-corrected chi connectivity index (χ1v) is 6.47. The fraction of sp³-hybridized carbons (Fsp3) is 0.750. The smallest absolute Gasteiger partial charge is 0.325 e. The van der Waals surface area contributed by atoms with Crippen LogP contribution in [-0.2, 0) is 14.3 Å². The van der Waals surface area contributed by atoms with E-state index in [0.717, 1.165) is 4.90 Å². The van der Waals surface area contributed by atoms with Crippen molar-refractivity contribution in [2.24, 2.45) is 0 Å². The van der Waals surface area contributed by atoms with E-state index in [-0.39, 0.29) is 18.4 Å². The third-order valence-electron chi connectivity index (χ3n) is 3.71. The van der Waals surface area contributed by atoms with E-state index in [9.17, 15) is 14.4 Å². The van der Waals surface area contributed by atoms with Crippen molar-refractivity contribution in [2.45, 2.75) is 25.8 Å². The molecule has 0 saturated carbocycles. The zero-order valence-electron chi connectivity index (χ0n) is 11.3. The second kappa shape index (κ2) is 5.16. The molecule has 106 valence electrons. The van der Waals surface area contributed by atoms with Gasteiger partial charge in [-0.1, -0.05) is 6.92 Å². The Morgan fingerprint density at radius 3 is 2.53 bits per heavy atom. The molecule has 0 bridgehead atoms. The van der Waals surface area contributed by atoms with E-state index in [1.54, 1.807) is 11.8 Å². The van der Waals surface area contributed by atoms with Crippen LogP contribution in [-0.4, -0.2) is 66.0 Å². The Bertz CT molecular complexity index is 406. The molecule has 2 aliphatic rings. The molecule has 0 unspecified atom stereocenters. The van der Waals surface area contributed by atoms with Crippen molar-refractivity contribution in [1.29, 1.82) is 0 Å². The molecule has 7 nitrogen and oxygen atoms in total. The number of hydrogen-bond donors (Lipinski definition) is 1. The highest BCUT2D eigenvalue weighted by molar-refractivity contribution is 6.08. The van der Waals surface area contributed by atoms with Gasteiger partial charge in [0.15, 0.2) is 0 Å². The van der Waals surface area contributed by atoms with Crippen molar-refractivity contribution in [1.82, 2.24) is 15.1 Å². The van der Waals surface area contributed by atoms with Crippen molar-refractivity contribution in [3.8, 4) is 0 Å². The van der Waals surface area contributed by atoms with Crippen LogP contribution in [0.3, 0.4) is 0 Å². The van der Waals surface area contributed by atoms with Gasteiger partial charge in [-0.15, -0.1) is 0 Å². The fourth-order valence-electron chi connectivity index (χ4n) is 2.18. The average molecular weight is 269 g/mol. The highest BCUT2D eigenvalue weighted by Crippen LogP contribution is 2.20. The summed E-state index contributed by atoms with van der Waals surface area (Å²) in [4.78, 5) is 38.6. The Morgan fingerprint density at radius 2 is 2.00 bits per heavy atom. The van der Waals surface area contributed by atoms with Crippen LogP contribution in [0.15, 0.2) is 0 Å². The predicted octanol–water partition coefficient (Wildman–Crippen LogP) is -0.434. The van der Waals surface area contributed by atoms with Crippen LogP contribution in [0.4, 0.5) is 4.79 Å². The Kier molecular flexibility index (Phi) is 3.75. The third-order valence-corrected chi connectivity index (χ3v) is 3.71. The molecule has 0 radical (unpaired) electrons. The van der Waals surface area contributed by atoms with Gasteiger partial charge < -0.3 is 15.0 Å². The van der Waals surface area contributed by atoms with Crippen LogP contribution < -0.4 is 5.32 Å². The van der Waals surface area contributed by atoms with Crippen LogP contribution in [0.5, 0.6) is 0 Å². The molecular weight excluding hydrogens is 250 g/mol. The summed E-state index contributed by atoms with van der Waals surface area (Å²) in [5.41, 5.74) is -0.887. The summed E-state index contributed by atoms with van der Waals surface area (Å²) in [6.45, 7) is 5.32. The second-order valence-electron chi connectivity index (χ2n) is 5.00. The standard InChI is InChI=1S/C12H19N3O4/c1-3-12(2)10(17)15(11(18)13-12)8-9(16)14-4-6-19-7-5-14/h3-8H2,1-2H3,(H,13,18)/t12-/m1/s1. The number of carbonyl (C=O) groups excluding carboxylic acids is 3. The molecule has 0 spiro atoms. The molecule has 1 N–H and O–H groups in total. The minimum Gasteiger partial charge on any atom is -0.378 e. The lowest BCUT2D eigenvalue weighted by molar-refractivity contribution is -0.141. The van der Waals surface area contributed by atoms with E-state index in [1.165, 1.54) is 0 Å². The summed E-state index contributed by atoms with van der Waals surface area (Å²) < 4.78 is 5.16. The number of amides is 4. The number of urea groups is 1. The predicted molar refractivity (Wildman–Crippen MR) is 66.3 cm³/mol. The molecule has 4 amide bonds. The van der Waals surface area contributed by atoms with Gasteiger partial charge in [-0.05, 0) is 13.3 Å². The number of carbonyl (C=O) groups is 3. The maximum atomic E-state index is 12.1. The van der Waals surface area contributed by atoms with Crippen LogP contribution in [0.25, 0.3) is 0 Å². The third kappa shape index (κ3) is 2.56. The first-order chi connectivity index (χ1) is 8.98. The van der Waals surface area contributed by atoms with Gasteiger partial charge >= 0.3 is 6.03 Å². The zero-order chi connectivity index (χ0) is 14.0. The second-order valence-corrected chi connectivity index (χ2v) is 5.00. The summed E-state index contributed by atoms with van der Waals surface area (Å²) >= 11 is 0. The molecule has 2 aliphatic heterocycles. The zero-order valence-corrected chi connectivity index (χ0v) is 11.3. The van der Waals surface area contributed by atoms with Gasteiger partial charge in [0.05, 0.1) is 13.2 Å². The summed E-state index contributed by atoms with van der Waals surface area (Å²) in [5.74, 6) is -0.547. The van der Waals surface area contributed by atoms with Crippen molar-refractivity contribution in [2.75, 3.05) is 32.8 Å². The number of hydrogen-bond acceptors (Lipinski definition) is 4. The minimum atomic E-state index is -0.887. The van der Waals surface area contributed by atoms with Crippen molar-refractivity contribution in [3.63, 3.8) is 0 Å². The lowest BCUT2D eigenvalue weighted by Gasteiger charge is -2.28. The molecule has 0 aromatic rings. The first-order valence-electron chi connectivity index (χ1n) is 6.47. The topological polar surface area (TPSA) is 79.0 Å². The summed E-state index contributed by atoms with van der Waals surface area (Å²) in [6.07, 6.45) is 0.500. The lowest BCUT2D eigenvalue weighted by atomic mass is 9.99. The van der Waals surface area contributed by atoms with E-state index < -0.39 is 11.6 Å². The maximum absolute atomic E-state index is 12.1. The van der Waals surface area contributed by atoms with Gasteiger partial charge in [0.25, 0.3) is 5.91 Å². The molecule has 2 rings (SSSR count). The highest BCUT2D eigenvalue weighted by atomic mass is 16.5. The van der Waals surface area contributed by atoms with Gasteiger partial charge in [0, 0.05) is 13.1 Å². The van der Waals surface area contributed by atoms with E-state index in [4.69, 9.17) is 4.74 Å². The molecule has 7 heteroatoms. The van der Waals surface area contributed by atoms with Crippen molar-refractivity contribution >= 4 is 17.8 Å². The number of imide groups is 1. The molecule has 2 fully saturated rings. The van der Waals surface area contributed by atoms with E-state index in [1.807, 2.05) is 6.92 Å². The molecule has 0 aromatic carbocycles. The molecular formula is C12H19N3O4. The van der Waals surface area contributed by atoms with Crippen molar-refractivity contribution in [3.05, 3.63) is 0 Å². The van der Waals surface area contributed by atoms with Crippen LogP contribution in [0.1, 0.15) is 20.3 Å². The number of ether oxygens (including phenoxy) is 1. The fourth-order valence-corrected chi connectivity index (χ4v) is 2.18. The summed E-state index contributed by atoms with van der Waals surface area (Å²) in [7, 11) is 0. The maximum Gasteiger partial charge on any atom is 0.325 e. The SMILES string of the molecule is CC[C@@]1(C)NC(=O)N(CC(=O)N2CCOCC2)C1=O. The molecule has 19 heavy (non-hydrogen) atoms. The Hall–Kier alpha value is -1.63. The number of nitrogens with one attached hydrogen (secondary N) is 1. The summed E-state index contributed by atoms with van der Waals surface area (Å²) in [5, 5.41) is 2.63. The number of nitrogens with zero attached hydrogens (tertiary/aromatic N) is 2. The number of rotatable bonds is 3. The largest absolute Gasteiger partial charge is 0.378 e. The Balaban J connectivity index is 2.00. The normalized spacial score (nSPS) is 27.7. The van der Waals surface area contributed by atoms with E-state index in [0.29, 0.717) is 32.7 Å². The summed E-state index contributed by atoms with van der Waals surface area (Å²) in [6, 6.07) is -0.490. The average Bonchev–Trinajstić information content (AvgIpc) is 2.64. The Morgan fingerprint density at radius 1 is 1.37 bits per heavy atom. The first kappa shape index (κ1) is 13.8.